The number of nitrogens with two attached hydrogens (primary N) is 1. The lowest BCUT2D eigenvalue weighted by molar-refractivity contribution is 0.903. The maximum atomic E-state index is 5.72. The molecule has 84 valence electrons. The van der Waals surface area contributed by atoms with Crippen molar-refractivity contribution in [3.63, 3.8) is 0 Å². The predicted molar refractivity (Wildman–Crippen MR) is 66.4 cm³/mol. The Morgan fingerprint density at radius 2 is 2.12 bits per heavy atom. The molecule has 2 aromatic heterocycles. The number of nitrogens with zero attached hydrogens (tertiary/aromatic N) is 3. The van der Waals surface area contributed by atoms with Gasteiger partial charge < -0.3 is 5.73 Å². The second-order valence-corrected chi connectivity index (χ2v) is 4.54. The highest BCUT2D eigenvalue weighted by molar-refractivity contribution is 9.10. The van der Waals surface area contributed by atoms with Crippen LogP contribution in [0, 0.1) is 13.8 Å². The molecule has 0 aromatic carbocycles. The molecular weight excluding hydrogens is 268 g/mol. The third-order valence-electron chi connectivity index (χ3n) is 2.61. The van der Waals surface area contributed by atoms with Crippen molar-refractivity contribution in [2.24, 2.45) is 5.73 Å². The minimum Gasteiger partial charge on any atom is -0.326 e. The number of pyridine rings is 1. The van der Waals surface area contributed by atoms with Gasteiger partial charge >= 0.3 is 0 Å². The Hall–Kier alpha value is -1.20. The van der Waals surface area contributed by atoms with Crippen molar-refractivity contribution in [2.45, 2.75) is 20.4 Å². The lowest BCUT2D eigenvalue weighted by Crippen LogP contribution is -2.07. The van der Waals surface area contributed by atoms with Crippen LogP contribution in [-0.4, -0.2) is 14.5 Å². The number of hydrogen-bond donors (Lipinski definition) is 1. The maximum absolute atomic E-state index is 5.72. The molecule has 0 unspecified atom stereocenters. The zero-order valence-corrected chi connectivity index (χ0v) is 10.8. The zero-order chi connectivity index (χ0) is 11.7. The van der Waals surface area contributed by atoms with Gasteiger partial charge in [-0.1, -0.05) is 0 Å². The van der Waals surface area contributed by atoms with E-state index in [4.69, 9.17) is 5.73 Å². The summed E-state index contributed by atoms with van der Waals surface area (Å²) in [4.78, 5) is 8.65. The van der Waals surface area contributed by atoms with Crippen LogP contribution in [0.25, 0.3) is 5.82 Å². The average Bonchev–Trinajstić information content (AvgIpc) is 2.60. The highest BCUT2D eigenvalue weighted by atomic mass is 79.9. The van der Waals surface area contributed by atoms with E-state index < -0.39 is 0 Å². The van der Waals surface area contributed by atoms with Gasteiger partial charge in [-0.2, -0.15) is 0 Å². The minimum atomic E-state index is 0.457. The minimum absolute atomic E-state index is 0.457. The summed E-state index contributed by atoms with van der Waals surface area (Å²) in [5, 5.41) is 0. The molecule has 0 spiro atoms. The Morgan fingerprint density at radius 1 is 1.38 bits per heavy atom. The first kappa shape index (κ1) is 11.3. The van der Waals surface area contributed by atoms with Gasteiger partial charge in [0.05, 0.1) is 5.69 Å². The normalized spacial score (nSPS) is 10.8. The summed E-state index contributed by atoms with van der Waals surface area (Å²) in [6.45, 7) is 4.46. The summed E-state index contributed by atoms with van der Waals surface area (Å²) in [6, 6.07) is 1.98. The number of rotatable bonds is 2. The van der Waals surface area contributed by atoms with Gasteiger partial charge in [0.15, 0.2) is 0 Å². The lowest BCUT2D eigenvalue weighted by atomic mass is 10.2. The van der Waals surface area contributed by atoms with Crippen LogP contribution in [0.1, 0.15) is 17.0 Å². The molecule has 0 bridgehead atoms. The van der Waals surface area contributed by atoms with Crippen molar-refractivity contribution in [1.29, 1.82) is 0 Å². The van der Waals surface area contributed by atoms with Gasteiger partial charge in [0, 0.05) is 28.5 Å². The molecule has 0 atom stereocenters. The summed E-state index contributed by atoms with van der Waals surface area (Å²) in [6.07, 6.45) is 3.54. The van der Waals surface area contributed by atoms with Crippen LogP contribution in [-0.2, 0) is 6.54 Å². The average molecular weight is 281 g/mol. The van der Waals surface area contributed by atoms with Crippen molar-refractivity contribution >= 4 is 15.9 Å². The lowest BCUT2D eigenvalue weighted by Gasteiger charge is -2.09. The Bertz CT molecular complexity index is 519. The molecule has 2 rings (SSSR count). The molecule has 5 heteroatoms. The Labute approximate surface area is 103 Å². The van der Waals surface area contributed by atoms with Crippen molar-refractivity contribution in [3.8, 4) is 5.82 Å². The fraction of sp³-hybridized carbons (Fsp3) is 0.273. The molecule has 0 saturated heterocycles. The van der Waals surface area contributed by atoms with Gasteiger partial charge in [-0.3, -0.25) is 4.57 Å². The molecule has 4 nitrogen and oxygen atoms in total. The third kappa shape index (κ3) is 1.88. The van der Waals surface area contributed by atoms with E-state index >= 15 is 0 Å². The Balaban J connectivity index is 2.59. The molecule has 16 heavy (non-hydrogen) atoms. The van der Waals surface area contributed by atoms with Crippen LogP contribution < -0.4 is 5.73 Å². The second-order valence-electron chi connectivity index (χ2n) is 3.63. The molecule has 0 saturated carbocycles. The Morgan fingerprint density at radius 3 is 2.69 bits per heavy atom. The highest BCUT2D eigenvalue weighted by Crippen LogP contribution is 2.19. The van der Waals surface area contributed by atoms with E-state index in [0.29, 0.717) is 6.54 Å². The molecule has 0 amide bonds. The van der Waals surface area contributed by atoms with E-state index in [2.05, 4.69) is 25.9 Å². The first-order valence-electron chi connectivity index (χ1n) is 4.99. The molecule has 2 heterocycles. The fourth-order valence-corrected chi connectivity index (χ4v) is 1.93. The number of imidazole rings is 1. The highest BCUT2D eigenvalue weighted by Gasteiger charge is 2.09. The number of aromatic nitrogens is 3. The molecular formula is C11H13BrN4. The number of hydrogen-bond acceptors (Lipinski definition) is 3. The summed E-state index contributed by atoms with van der Waals surface area (Å²) >= 11 is 3.39. The van der Waals surface area contributed by atoms with Crippen molar-refractivity contribution in [3.05, 3.63) is 40.0 Å². The van der Waals surface area contributed by atoms with Crippen LogP contribution in [0.4, 0.5) is 0 Å². The first-order valence-corrected chi connectivity index (χ1v) is 5.78. The third-order valence-corrected chi connectivity index (χ3v) is 3.04. The molecule has 0 aliphatic rings. The van der Waals surface area contributed by atoms with E-state index in [1.54, 1.807) is 12.5 Å². The summed E-state index contributed by atoms with van der Waals surface area (Å²) in [5.74, 6) is 0.851. The van der Waals surface area contributed by atoms with Gasteiger partial charge in [-0.25, -0.2) is 9.97 Å². The van der Waals surface area contributed by atoms with E-state index in [0.717, 1.165) is 27.2 Å². The predicted octanol–water partition coefficient (Wildman–Crippen LogP) is 2.11. The smallest absolute Gasteiger partial charge is 0.142 e. The van der Waals surface area contributed by atoms with Gasteiger partial charge in [-0.15, -0.1) is 0 Å². The first-order chi connectivity index (χ1) is 7.63. The fourth-order valence-electron chi connectivity index (χ4n) is 1.55. The monoisotopic (exact) mass is 280 g/mol. The van der Waals surface area contributed by atoms with Gasteiger partial charge in [0.2, 0.25) is 0 Å². The van der Waals surface area contributed by atoms with Crippen LogP contribution in [0.2, 0.25) is 0 Å². The Kier molecular flexibility index (Phi) is 3.07. The largest absolute Gasteiger partial charge is 0.326 e. The standard InChI is InChI=1S/C11H13BrN4/c1-7-8(2)16(6-15-7)11-9(4-13)3-10(12)5-14-11/h3,5-6H,4,13H2,1-2H3. The maximum Gasteiger partial charge on any atom is 0.142 e. The van der Waals surface area contributed by atoms with Gasteiger partial charge in [0.1, 0.15) is 12.1 Å². The summed E-state index contributed by atoms with van der Waals surface area (Å²) in [5.41, 5.74) is 8.81. The molecule has 0 radical (unpaired) electrons. The van der Waals surface area contributed by atoms with Crippen LogP contribution in [0.15, 0.2) is 23.1 Å². The zero-order valence-electron chi connectivity index (χ0n) is 9.24. The van der Waals surface area contributed by atoms with E-state index in [1.165, 1.54) is 0 Å². The number of halogens is 1. The SMILES string of the molecule is Cc1ncn(-c2ncc(Br)cc2CN)c1C. The van der Waals surface area contributed by atoms with Crippen molar-refractivity contribution in [2.75, 3.05) is 0 Å². The molecule has 2 N–H and O–H groups in total. The second kappa shape index (κ2) is 4.35. The van der Waals surface area contributed by atoms with E-state index in [-0.39, 0.29) is 0 Å². The van der Waals surface area contributed by atoms with Crippen molar-refractivity contribution in [1.82, 2.24) is 14.5 Å². The number of aryl methyl sites for hydroxylation is 1. The quantitative estimate of drug-likeness (QED) is 0.917. The van der Waals surface area contributed by atoms with Crippen LogP contribution in [0.5, 0.6) is 0 Å². The topological polar surface area (TPSA) is 56.7 Å². The molecule has 0 aliphatic carbocycles. The van der Waals surface area contributed by atoms with Gasteiger partial charge in [0.25, 0.3) is 0 Å². The van der Waals surface area contributed by atoms with Gasteiger partial charge in [-0.05, 0) is 35.8 Å². The summed E-state index contributed by atoms with van der Waals surface area (Å²) < 4.78 is 2.90. The molecule has 2 aromatic rings. The molecule has 0 aliphatic heterocycles. The van der Waals surface area contributed by atoms with E-state index in [1.807, 2.05) is 24.5 Å². The van der Waals surface area contributed by atoms with Crippen LogP contribution in [0.3, 0.4) is 0 Å². The van der Waals surface area contributed by atoms with Crippen LogP contribution >= 0.6 is 15.9 Å². The van der Waals surface area contributed by atoms with E-state index in [9.17, 15) is 0 Å². The molecule has 0 fully saturated rings. The van der Waals surface area contributed by atoms with Crippen molar-refractivity contribution < 1.29 is 0 Å². The summed E-state index contributed by atoms with van der Waals surface area (Å²) in [7, 11) is 0.